The lowest BCUT2D eigenvalue weighted by Gasteiger charge is -2.18. The van der Waals surface area contributed by atoms with Crippen molar-refractivity contribution >= 4 is 21.0 Å². The van der Waals surface area contributed by atoms with Crippen molar-refractivity contribution in [2.24, 2.45) is 5.41 Å². The summed E-state index contributed by atoms with van der Waals surface area (Å²) in [6.45, 7) is 6.78. The smallest absolute Gasteiger partial charge is 0.310 e. The van der Waals surface area contributed by atoms with Gasteiger partial charge >= 0.3 is 6.36 Å². The van der Waals surface area contributed by atoms with Crippen LogP contribution in [0.5, 0.6) is 0 Å². The van der Waals surface area contributed by atoms with Gasteiger partial charge in [0.15, 0.2) is 15.5 Å². The van der Waals surface area contributed by atoms with E-state index in [1.165, 1.54) is 19.2 Å². The average Bonchev–Trinajstić information content (AvgIpc) is 2.81. The lowest BCUT2D eigenvalue weighted by molar-refractivity contribution is -0.325. The SMILES string of the molecule is CCS(=O)(=O)c1cnc2c(c1)nc(CC(C)(C)C)n2CCOC(F)(F)F. The number of nitrogens with zero attached hydrogens (tertiary/aromatic N) is 3. The van der Waals surface area contributed by atoms with Gasteiger partial charge in [-0.2, -0.15) is 0 Å². The van der Waals surface area contributed by atoms with Crippen molar-refractivity contribution in [3.63, 3.8) is 0 Å². The highest BCUT2D eigenvalue weighted by Crippen LogP contribution is 2.25. The van der Waals surface area contributed by atoms with Crippen LogP contribution in [-0.4, -0.2) is 41.7 Å². The van der Waals surface area contributed by atoms with Crippen molar-refractivity contribution in [2.75, 3.05) is 12.4 Å². The number of rotatable bonds is 6. The van der Waals surface area contributed by atoms with Crippen molar-refractivity contribution in [1.29, 1.82) is 0 Å². The van der Waals surface area contributed by atoms with Gasteiger partial charge in [-0.05, 0) is 11.5 Å². The lowest BCUT2D eigenvalue weighted by atomic mass is 9.92. The number of fused-ring (bicyclic) bond motifs is 1. The molecule has 0 unspecified atom stereocenters. The highest BCUT2D eigenvalue weighted by molar-refractivity contribution is 7.91. The van der Waals surface area contributed by atoms with Crippen LogP contribution in [0, 0.1) is 5.41 Å². The van der Waals surface area contributed by atoms with E-state index >= 15 is 0 Å². The molecule has 0 saturated carbocycles. The zero-order valence-corrected chi connectivity index (χ0v) is 15.9. The molecule has 146 valence electrons. The van der Waals surface area contributed by atoms with Crippen LogP contribution < -0.4 is 0 Å². The molecule has 0 N–H and O–H groups in total. The highest BCUT2D eigenvalue weighted by atomic mass is 32.2. The van der Waals surface area contributed by atoms with Crippen LogP contribution in [0.15, 0.2) is 17.2 Å². The van der Waals surface area contributed by atoms with Crippen LogP contribution in [0.3, 0.4) is 0 Å². The lowest BCUT2D eigenvalue weighted by Crippen LogP contribution is -2.20. The van der Waals surface area contributed by atoms with Gasteiger partial charge in [0.05, 0.1) is 17.3 Å². The van der Waals surface area contributed by atoms with Gasteiger partial charge in [0, 0.05) is 19.2 Å². The molecule has 10 heteroatoms. The first-order valence-electron chi connectivity index (χ1n) is 8.11. The quantitative estimate of drug-likeness (QED) is 0.752. The Labute approximate surface area is 150 Å². The molecule has 26 heavy (non-hydrogen) atoms. The molecule has 2 aromatic heterocycles. The highest BCUT2D eigenvalue weighted by Gasteiger charge is 2.29. The number of hydrogen-bond acceptors (Lipinski definition) is 5. The van der Waals surface area contributed by atoms with E-state index in [0.717, 1.165) is 0 Å². The van der Waals surface area contributed by atoms with Crippen molar-refractivity contribution in [2.45, 2.75) is 51.9 Å². The predicted octanol–water partition coefficient (Wildman–Crippen LogP) is 3.35. The Morgan fingerprint density at radius 3 is 2.42 bits per heavy atom. The summed E-state index contributed by atoms with van der Waals surface area (Å²) in [6, 6.07) is 1.41. The van der Waals surface area contributed by atoms with E-state index in [4.69, 9.17) is 0 Å². The second-order valence-electron chi connectivity index (χ2n) is 7.13. The maximum atomic E-state index is 12.3. The van der Waals surface area contributed by atoms with Crippen LogP contribution >= 0.6 is 0 Å². The van der Waals surface area contributed by atoms with E-state index < -0.39 is 22.8 Å². The number of ether oxygens (including phenoxy) is 1. The zero-order chi connectivity index (χ0) is 19.8. The van der Waals surface area contributed by atoms with Crippen LogP contribution in [0.4, 0.5) is 13.2 Å². The maximum absolute atomic E-state index is 12.3. The fraction of sp³-hybridized carbons (Fsp3) is 0.625. The third-order valence-corrected chi connectivity index (χ3v) is 5.35. The first kappa shape index (κ1) is 20.6. The maximum Gasteiger partial charge on any atom is 0.522 e. The Bertz CT molecular complexity index is 884. The van der Waals surface area contributed by atoms with Gasteiger partial charge in [0.1, 0.15) is 11.3 Å². The van der Waals surface area contributed by atoms with Crippen molar-refractivity contribution in [3.05, 3.63) is 18.1 Å². The van der Waals surface area contributed by atoms with Gasteiger partial charge in [0.25, 0.3) is 0 Å². The van der Waals surface area contributed by atoms with Gasteiger partial charge in [-0.25, -0.2) is 18.4 Å². The molecule has 0 radical (unpaired) electrons. The van der Waals surface area contributed by atoms with E-state index in [0.29, 0.717) is 23.4 Å². The molecule has 6 nitrogen and oxygen atoms in total. The van der Waals surface area contributed by atoms with E-state index in [9.17, 15) is 21.6 Å². The van der Waals surface area contributed by atoms with E-state index in [-0.39, 0.29) is 22.6 Å². The van der Waals surface area contributed by atoms with Gasteiger partial charge in [-0.15, -0.1) is 13.2 Å². The standard InChI is InChI=1S/C16H22F3N3O3S/c1-5-26(23,24)11-8-12-14(20-10-11)22(6-7-25-16(17,18)19)13(21-12)9-15(2,3)4/h8,10H,5-7,9H2,1-4H3. The predicted molar refractivity (Wildman–Crippen MR) is 90.4 cm³/mol. The van der Waals surface area contributed by atoms with Crippen molar-refractivity contribution in [3.8, 4) is 0 Å². The Morgan fingerprint density at radius 1 is 1.23 bits per heavy atom. The number of imidazole rings is 1. The molecule has 0 fully saturated rings. The van der Waals surface area contributed by atoms with Crippen LogP contribution in [0.25, 0.3) is 11.2 Å². The number of hydrogen-bond donors (Lipinski definition) is 0. The fourth-order valence-electron chi connectivity index (χ4n) is 2.47. The number of halogens is 3. The Hall–Kier alpha value is -1.68. The summed E-state index contributed by atoms with van der Waals surface area (Å²) in [6.07, 6.45) is -3.01. The van der Waals surface area contributed by atoms with Crippen LogP contribution in [0.2, 0.25) is 0 Å². The molecule has 0 bridgehead atoms. The topological polar surface area (TPSA) is 74.1 Å². The molecule has 2 aromatic rings. The number of aromatic nitrogens is 3. The van der Waals surface area contributed by atoms with E-state index in [1.807, 2.05) is 20.8 Å². The van der Waals surface area contributed by atoms with Gasteiger partial charge in [-0.3, -0.25) is 4.74 Å². The average molecular weight is 393 g/mol. The zero-order valence-electron chi connectivity index (χ0n) is 15.1. The van der Waals surface area contributed by atoms with Crippen LogP contribution in [0.1, 0.15) is 33.5 Å². The molecule has 0 aliphatic rings. The molecule has 0 amide bonds. The Balaban J connectivity index is 2.46. The third-order valence-electron chi connectivity index (χ3n) is 3.65. The third kappa shape index (κ3) is 5.16. The fourth-order valence-corrected chi connectivity index (χ4v) is 3.31. The summed E-state index contributed by atoms with van der Waals surface area (Å²) in [7, 11) is -3.45. The van der Waals surface area contributed by atoms with Crippen molar-refractivity contribution < 1.29 is 26.3 Å². The number of alkyl halides is 3. The summed E-state index contributed by atoms with van der Waals surface area (Å²) in [5.41, 5.74) is 0.512. The summed E-state index contributed by atoms with van der Waals surface area (Å²) < 4.78 is 66.3. The molecule has 2 heterocycles. The monoisotopic (exact) mass is 393 g/mol. The summed E-state index contributed by atoms with van der Waals surface area (Å²) in [4.78, 5) is 8.61. The second-order valence-corrected chi connectivity index (χ2v) is 9.41. The molecule has 0 aliphatic carbocycles. The summed E-state index contributed by atoms with van der Waals surface area (Å²) in [5, 5.41) is 0. The summed E-state index contributed by atoms with van der Waals surface area (Å²) in [5.74, 6) is 0.464. The molecule has 0 spiro atoms. The van der Waals surface area contributed by atoms with E-state index in [1.54, 1.807) is 4.57 Å². The van der Waals surface area contributed by atoms with E-state index in [2.05, 4.69) is 14.7 Å². The molecule has 0 aliphatic heterocycles. The minimum absolute atomic E-state index is 0.0472. The molecule has 0 saturated heterocycles. The largest absolute Gasteiger partial charge is 0.522 e. The molecular weight excluding hydrogens is 371 g/mol. The number of sulfone groups is 1. The molecular formula is C16H22F3N3O3S. The molecule has 2 rings (SSSR count). The van der Waals surface area contributed by atoms with Gasteiger partial charge < -0.3 is 4.57 Å². The van der Waals surface area contributed by atoms with Crippen molar-refractivity contribution in [1.82, 2.24) is 14.5 Å². The normalized spacial score (nSPS) is 13.5. The van der Waals surface area contributed by atoms with Gasteiger partial charge in [0.2, 0.25) is 0 Å². The Morgan fingerprint density at radius 2 is 1.88 bits per heavy atom. The first-order chi connectivity index (χ1) is 11.8. The van der Waals surface area contributed by atoms with Gasteiger partial charge in [-0.1, -0.05) is 27.7 Å². The molecule has 0 atom stereocenters. The minimum Gasteiger partial charge on any atom is -0.310 e. The first-order valence-corrected chi connectivity index (χ1v) is 9.76. The minimum atomic E-state index is -4.71. The van der Waals surface area contributed by atoms with Crippen LogP contribution in [-0.2, 0) is 27.5 Å². The Kier molecular flexibility index (Phi) is 5.67. The second kappa shape index (κ2) is 7.15. The number of pyridine rings is 1. The molecule has 0 aromatic carbocycles. The summed E-state index contributed by atoms with van der Waals surface area (Å²) >= 11 is 0.